The average molecular weight is 243 g/mol. The molecule has 0 unspecified atom stereocenters. The molecule has 2 N–H and O–H groups in total. The Bertz CT molecular complexity index is 310. The fraction of sp³-hybridized carbons (Fsp3) is 0.500. The highest BCUT2D eigenvalue weighted by Gasteiger charge is 2.04. The van der Waals surface area contributed by atoms with Crippen molar-refractivity contribution < 1.29 is 8.94 Å². The van der Waals surface area contributed by atoms with Crippen LogP contribution in [0.1, 0.15) is 19.8 Å². The quantitative estimate of drug-likeness (QED) is 0.554. The van der Waals surface area contributed by atoms with Crippen LogP contribution in [0.25, 0.3) is 0 Å². The van der Waals surface area contributed by atoms with Crippen LogP contribution in [0.15, 0.2) is 35.2 Å². The summed E-state index contributed by atoms with van der Waals surface area (Å²) in [5, 5.41) is 3.24. The van der Waals surface area contributed by atoms with Crippen molar-refractivity contribution >= 4 is 12.0 Å². The summed E-state index contributed by atoms with van der Waals surface area (Å²) in [4.78, 5) is 0. The molecule has 0 bridgehead atoms. The molecule has 0 spiro atoms. The topological polar surface area (TPSA) is 32.3 Å². The number of nitrogens with one attached hydrogen (secondary N) is 1. The fourth-order valence-corrected chi connectivity index (χ4v) is 1.77. The number of rotatable bonds is 6. The van der Waals surface area contributed by atoms with E-state index in [0.717, 1.165) is 41.9 Å². The highest BCUT2D eigenvalue weighted by Crippen LogP contribution is 2.17. The van der Waals surface area contributed by atoms with E-state index in [1.807, 2.05) is 13.0 Å². The van der Waals surface area contributed by atoms with Crippen LogP contribution in [0.4, 0.5) is 4.39 Å². The molecule has 0 fully saturated rings. The Hall–Kier alpha value is -0.580. The van der Waals surface area contributed by atoms with Crippen molar-refractivity contribution in [2.24, 2.45) is 0 Å². The lowest BCUT2D eigenvalue weighted by Crippen LogP contribution is -2.19. The molecule has 0 saturated carbocycles. The number of hydrogen-bond acceptors (Lipinski definition) is 3. The van der Waals surface area contributed by atoms with Crippen molar-refractivity contribution in [2.45, 2.75) is 19.8 Å². The van der Waals surface area contributed by atoms with Gasteiger partial charge >= 0.3 is 0 Å². The minimum Gasteiger partial charge on any atom is -0.330 e. The summed E-state index contributed by atoms with van der Waals surface area (Å²) in [6.45, 7) is 3.52. The van der Waals surface area contributed by atoms with E-state index < -0.39 is 0 Å². The van der Waals surface area contributed by atoms with Crippen molar-refractivity contribution in [1.29, 1.82) is 0 Å². The molecule has 0 aromatic rings. The number of halogens is 1. The summed E-state index contributed by atoms with van der Waals surface area (Å²) in [7, 11) is 0. The van der Waals surface area contributed by atoms with Crippen molar-refractivity contribution in [2.75, 3.05) is 18.8 Å². The van der Waals surface area contributed by atoms with E-state index in [2.05, 4.69) is 5.32 Å². The van der Waals surface area contributed by atoms with Gasteiger partial charge in [0.15, 0.2) is 0 Å². The maximum Gasteiger partial charge on any atom is 0.119 e. The third-order valence-corrected chi connectivity index (χ3v) is 2.93. The first-order valence-corrected chi connectivity index (χ1v) is 6.38. The second kappa shape index (κ2) is 7.65. The lowest BCUT2D eigenvalue weighted by atomic mass is 10.1. The Balaban J connectivity index is 2.36. The van der Waals surface area contributed by atoms with E-state index in [1.54, 1.807) is 12.2 Å². The molecule has 0 amide bonds. The summed E-state index contributed by atoms with van der Waals surface area (Å²) in [6.07, 6.45) is 6.78. The minimum atomic E-state index is -0.157. The monoisotopic (exact) mass is 243 g/mol. The molecule has 0 heterocycles. The van der Waals surface area contributed by atoms with Gasteiger partial charge in [0.25, 0.3) is 0 Å². The SMILES string of the molecule is CC1=CCC=C(F)C=C1CNCCCSO. The normalized spacial score (nSPS) is 16.3. The maximum absolute atomic E-state index is 13.2. The zero-order chi connectivity index (χ0) is 11.8. The van der Waals surface area contributed by atoms with E-state index in [-0.39, 0.29) is 5.83 Å². The summed E-state index contributed by atoms with van der Waals surface area (Å²) >= 11 is 0.857. The van der Waals surface area contributed by atoms with Crippen LogP contribution >= 0.6 is 12.0 Å². The summed E-state index contributed by atoms with van der Waals surface area (Å²) < 4.78 is 21.7. The molecule has 0 aliphatic heterocycles. The van der Waals surface area contributed by atoms with Gasteiger partial charge in [0.05, 0.1) is 0 Å². The summed E-state index contributed by atoms with van der Waals surface area (Å²) in [5.41, 5.74) is 2.14. The summed E-state index contributed by atoms with van der Waals surface area (Å²) in [6, 6.07) is 0. The Morgan fingerprint density at radius 2 is 2.31 bits per heavy atom. The highest BCUT2D eigenvalue weighted by molar-refractivity contribution is 7.93. The molecule has 0 radical (unpaired) electrons. The molecule has 2 nitrogen and oxygen atoms in total. The molecule has 1 aliphatic carbocycles. The van der Waals surface area contributed by atoms with Crippen LogP contribution in [0.3, 0.4) is 0 Å². The van der Waals surface area contributed by atoms with Crippen LogP contribution < -0.4 is 5.32 Å². The third-order valence-electron chi connectivity index (χ3n) is 2.46. The highest BCUT2D eigenvalue weighted by atomic mass is 32.2. The molecule has 16 heavy (non-hydrogen) atoms. The van der Waals surface area contributed by atoms with Crippen LogP contribution in [0, 0.1) is 0 Å². The zero-order valence-corrected chi connectivity index (χ0v) is 10.3. The number of hydrogen-bond donors (Lipinski definition) is 2. The first-order valence-electron chi connectivity index (χ1n) is 5.44. The molecule has 90 valence electrons. The summed E-state index contributed by atoms with van der Waals surface area (Å²) in [5.74, 6) is 0.575. The smallest absolute Gasteiger partial charge is 0.119 e. The van der Waals surface area contributed by atoms with Gasteiger partial charge in [-0.05, 0) is 56.1 Å². The first-order chi connectivity index (χ1) is 7.74. The van der Waals surface area contributed by atoms with E-state index in [4.69, 9.17) is 4.55 Å². The van der Waals surface area contributed by atoms with Crippen molar-refractivity contribution in [3.05, 3.63) is 35.2 Å². The fourth-order valence-electron chi connectivity index (χ4n) is 1.49. The molecule has 1 rings (SSSR count). The van der Waals surface area contributed by atoms with E-state index in [1.165, 1.54) is 0 Å². The molecular weight excluding hydrogens is 225 g/mol. The van der Waals surface area contributed by atoms with Crippen molar-refractivity contribution in [3.8, 4) is 0 Å². The van der Waals surface area contributed by atoms with Gasteiger partial charge in [-0.3, -0.25) is 0 Å². The Morgan fingerprint density at radius 3 is 3.06 bits per heavy atom. The lowest BCUT2D eigenvalue weighted by Gasteiger charge is -2.08. The maximum atomic E-state index is 13.2. The van der Waals surface area contributed by atoms with E-state index in [0.29, 0.717) is 13.0 Å². The minimum absolute atomic E-state index is 0.157. The van der Waals surface area contributed by atoms with Crippen LogP contribution in [0.2, 0.25) is 0 Å². The molecule has 0 aromatic carbocycles. The predicted octanol–water partition coefficient (Wildman–Crippen LogP) is 3.30. The van der Waals surface area contributed by atoms with Gasteiger partial charge in [-0.1, -0.05) is 11.6 Å². The van der Waals surface area contributed by atoms with Crippen LogP contribution in [-0.2, 0) is 0 Å². The number of allylic oxidation sites excluding steroid dienone is 4. The second-order valence-corrected chi connectivity index (χ2v) is 4.41. The van der Waals surface area contributed by atoms with Gasteiger partial charge in [0.2, 0.25) is 0 Å². The Labute approximate surface area is 101 Å². The van der Waals surface area contributed by atoms with Gasteiger partial charge in [0, 0.05) is 12.3 Å². The Morgan fingerprint density at radius 1 is 1.50 bits per heavy atom. The van der Waals surface area contributed by atoms with Crippen LogP contribution in [0.5, 0.6) is 0 Å². The molecule has 0 atom stereocenters. The van der Waals surface area contributed by atoms with Crippen molar-refractivity contribution in [3.63, 3.8) is 0 Å². The second-order valence-electron chi connectivity index (χ2n) is 3.74. The Kier molecular flexibility index (Phi) is 6.45. The van der Waals surface area contributed by atoms with Crippen LogP contribution in [-0.4, -0.2) is 23.4 Å². The van der Waals surface area contributed by atoms with Gasteiger partial charge in [0.1, 0.15) is 5.83 Å². The first kappa shape index (κ1) is 13.5. The van der Waals surface area contributed by atoms with Gasteiger partial charge in [-0.2, -0.15) is 0 Å². The average Bonchev–Trinajstić information content (AvgIpc) is 2.41. The predicted molar refractivity (Wildman–Crippen MR) is 68.2 cm³/mol. The molecule has 4 heteroatoms. The third kappa shape index (κ3) is 4.96. The standard InChI is InChI=1S/C12H18FNOS/c1-10-4-2-5-12(13)8-11(10)9-14-6-3-7-16-15/h4-5,8,14-15H,2-3,6-7,9H2,1H3. The largest absolute Gasteiger partial charge is 0.330 e. The zero-order valence-electron chi connectivity index (χ0n) is 9.50. The van der Waals surface area contributed by atoms with Crippen molar-refractivity contribution in [1.82, 2.24) is 5.32 Å². The van der Waals surface area contributed by atoms with E-state index >= 15 is 0 Å². The van der Waals surface area contributed by atoms with Gasteiger partial charge < -0.3 is 9.87 Å². The lowest BCUT2D eigenvalue weighted by molar-refractivity contribution is 0.651. The van der Waals surface area contributed by atoms with E-state index in [9.17, 15) is 4.39 Å². The van der Waals surface area contributed by atoms with Gasteiger partial charge in [-0.25, -0.2) is 4.39 Å². The molecular formula is C12H18FNOS. The molecule has 0 saturated heterocycles. The van der Waals surface area contributed by atoms with Gasteiger partial charge in [-0.15, -0.1) is 0 Å². The molecule has 1 aliphatic rings. The molecule has 0 aromatic heterocycles.